The fourth-order valence-corrected chi connectivity index (χ4v) is 1.15. The number of rotatable bonds is 1. The molecule has 0 aliphatic heterocycles. The molecule has 0 saturated carbocycles. The quantitative estimate of drug-likeness (QED) is 0.790. The number of halogens is 1. The van der Waals surface area contributed by atoms with Gasteiger partial charge in [-0.25, -0.2) is 13.6 Å². The molecule has 5 heteroatoms. The van der Waals surface area contributed by atoms with Gasteiger partial charge < -0.3 is 0 Å². The van der Waals surface area contributed by atoms with Crippen LogP contribution in [0.2, 0.25) is 0 Å². The van der Waals surface area contributed by atoms with E-state index < -0.39 is 10.0 Å². The lowest BCUT2D eigenvalue weighted by Crippen LogP contribution is -2.11. The van der Waals surface area contributed by atoms with E-state index in [1.807, 2.05) is 0 Å². The fourth-order valence-electron chi connectivity index (χ4n) is 0.610. The first-order valence-corrected chi connectivity index (χ1v) is 4.23. The van der Waals surface area contributed by atoms with Crippen LogP contribution < -0.4 is 5.14 Å². The van der Waals surface area contributed by atoms with Crippen molar-refractivity contribution >= 4 is 27.0 Å². The van der Waals surface area contributed by atoms with Crippen molar-refractivity contribution in [2.45, 2.75) is 4.90 Å². The average Bonchev–Trinajstić information content (AvgIpc) is 1.88. The summed E-state index contributed by atoms with van der Waals surface area (Å²) in [5.41, 5.74) is 0. The Morgan fingerprint density at radius 2 is 1.55 bits per heavy atom. The van der Waals surface area contributed by atoms with Crippen LogP contribution in [0, 0.1) is 0 Å². The van der Waals surface area contributed by atoms with E-state index >= 15 is 0 Å². The van der Waals surface area contributed by atoms with Gasteiger partial charge in [0.25, 0.3) is 0 Å². The lowest BCUT2D eigenvalue weighted by Gasteiger charge is -1.93. The minimum Gasteiger partial charge on any atom is -0.225 e. The van der Waals surface area contributed by atoms with Gasteiger partial charge in [0, 0.05) is 0 Å². The van der Waals surface area contributed by atoms with Crippen molar-refractivity contribution in [2.75, 3.05) is 0 Å². The Kier molecular flexibility index (Phi) is 3.71. The second-order valence-electron chi connectivity index (χ2n) is 1.86. The summed E-state index contributed by atoms with van der Waals surface area (Å²) in [4.78, 5) is 0.148. The van der Waals surface area contributed by atoms with E-state index in [2.05, 4.69) is 0 Å². The van der Waals surface area contributed by atoms with Crippen LogP contribution in [0.25, 0.3) is 0 Å². The Hall–Kier alpha value is -0.390. The molecule has 0 heterocycles. The summed E-state index contributed by atoms with van der Waals surface area (Å²) >= 11 is 0. The molecule has 0 radical (unpaired) electrons. The molecule has 0 spiro atoms. The molecule has 0 bridgehead atoms. The predicted octanol–water partition coefficient (Wildman–Crippen LogP) is 0.912. The van der Waals surface area contributed by atoms with Crippen LogP contribution in [0.3, 0.4) is 0 Å². The van der Waals surface area contributed by atoms with Crippen LogP contribution in [-0.2, 0) is 10.0 Å². The summed E-state index contributed by atoms with van der Waals surface area (Å²) in [6.07, 6.45) is 0. The molecule has 0 amide bonds. The summed E-state index contributed by atoms with van der Waals surface area (Å²) in [6, 6.07) is 7.89. The van der Waals surface area contributed by atoms with E-state index in [4.69, 9.17) is 5.14 Å². The molecule has 0 atom stereocenters. The predicted molar refractivity (Wildman–Crippen MR) is 48.1 cm³/mol. The molecule has 0 fully saturated rings. The molecule has 11 heavy (non-hydrogen) atoms. The highest BCUT2D eigenvalue weighted by atomic mass is 79.9. The smallest absolute Gasteiger partial charge is 0.225 e. The van der Waals surface area contributed by atoms with E-state index in [1.54, 1.807) is 18.2 Å². The molecule has 0 aromatic heterocycles. The molecule has 0 saturated heterocycles. The third-order valence-electron chi connectivity index (χ3n) is 1.07. The van der Waals surface area contributed by atoms with Gasteiger partial charge in [-0.1, -0.05) is 18.2 Å². The van der Waals surface area contributed by atoms with Crippen molar-refractivity contribution in [3.63, 3.8) is 0 Å². The van der Waals surface area contributed by atoms with Gasteiger partial charge in [0.2, 0.25) is 10.0 Å². The monoisotopic (exact) mass is 237 g/mol. The van der Waals surface area contributed by atoms with E-state index in [0.717, 1.165) is 0 Å². The van der Waals surface area contributed by atoms with Crippen LogP contribution in [0.1, 0.15) is 0 Å². The molecule has 62 valence electrons. The molecule has 3 nitrogen and oxygen atoms in total. The van der Waals surface area contributed by atoms with Crippen molar-refractivity contribution in [2.24, 2.45) is 5.14 Å². The zero-order valence-corrected chi connectivity index (χ0v) is 8.13. The highest BCUT2D eigenvalue weighted by molar-refractivity contribution is 8.93. The maximum atomic E-state index is 10.6. The Balaban J connectivity index is 0.000001000. The van der Waals surface area contributed by atoms with Crippen molar-refractivity contribution in [1.29, 1.82) is 0 Å². The summed E-state index contributed by atoms with van der Waals surface area (Å²) in [5.74, 6) is 0. The highest BCUT2D eigenvalue weighted by Gasteiger charge is 2.03. The first-order valence-electron chi connectivity index (χ1n) is 2.68. The van der Waals surface area contributed by atoms with E-state index in [9.17, 15) is 8.42 Å². The Bertz CT molecular complexity index is 309. The zero-order chi connectivity index (χ0) is 7.61. The van der Waals surface area contributed by atoms with Crippen LogP contribution in [-0.4, -0.2) is 8.42 Å². The topological polar surface area (TPSA) is 60.2 Å². The SMILES string of the molecule is Br.NS(=O)(=O)c1ccccc1. The largest absolute Gasteiger partial charge is 0.238 e. The Labute approximate surface area is 76.0 Å². The van der Waals surface area contributed by atoms with Crippen molar-refractivity contribution in [3.05, 3.63) is 30.3 Å². The van der Waals surface area contributed by atoms with Gasteiger partial charge in [0.1, 0.15) is 0 Å². The van der Waals surface area contributed by atoms with Gasteiger partial charge in [0.05, 0.1) is 4.90 Å². The van der Waals surface area contributed by atoms with Crippen molar-refractivity contribution in [3.8, 4) is 0 Å². The molecule has 1 rings (SSSR count). The molecule has 2 N–H and O–H groups in total. The van der Waals surface area contributed by atoms with Crippen LogP contribution >= 0.6 is 17.0 Å². The fraction of sp³-hybridized carbons (Fsp3) is 0. The lowest BCUT2D eigenvalue weighted by atomic mass is 10.4. The summed E-state index contributed by atoms with van der Waals surface area (Å²) in [7, 11) is -3.50. The number of sulfonamides is 1. The summed E-state index contributed by atoms with van der Waals surface area (Å²) in [5, 5.41) is 4.83. The normalized spacial score (nSPS) is 10.3. The first kappa shape index (κ1) is 10.6. The molecule has 1 aromatic carbocycles. The second-order valence-corrected chi connectivity index (χ2v) is 3.42. The van der Waals surface area contributed by atoms with Gasteiger partial charge in [-0.15, -0.1) is 17.0 Å². The number of nitrogens with two attached hydrogens (primary N) is 1. The minimum absolute atomic E-state index is 0. The summed E-state index contributed by atoms with van der Waals surface area (Å²) < 4.78 is 21.2. The minimum atomic E-state index is -3.50. The van der Waals surface area contributed by atoms with Crippen molar-refractivity contribution < 1.29 is 8.42 Å². The van der Waals surface area contributed by atoms with Crippen molar-refractivity contribution in [1.82, 2.24) is 0 Å². The highest BCUT2D eigenvalue weighted by Crippen LogP contribution is 2.02. The van der Waals surface area contributed by atoms with Crippen LogP contribution in [0.15, 0.2) is 35.2 Å². The van der Waals surface area contributed by atoms with E-state index in [-0.39, 0.29) is 21.9 Å². The Morgan fingerprint density at radius 1 is 1.09 bits per heavy atom. The first-order chi connectivity index (χ1) is 4.61. The molecule has 0 aliphatic carbocycles. The average molecular weight is 238 g/mol. The van der Waals surface area contributed by atoms with Gasteiger partial charge in [-0.2, -0.15) is 0 Å². The molecule has 0 unspecified atom stereocenters. The lowest BCUT2D eigenvalue weighted by molar-refractivity contribution is 0.598. The van der Waals surface area contributed by atoms with Gasteiger partial charge in [-0.3, -0.25) is 0 Å². The van der Waals surface area contributed by atoms with Gasteiger partial charge in [-0.05, 0) is 12.1 Å². The molecular formula is C6H8BrNO2S. The number of benzene rings is 1. The Morgan fingerprint density at radius 3 is 1.82 bits per heavy atom. The standard InChI is InChI=1S/C6H7NO2S.BrH/c7-10(8,9)6-4-2-1-3-5-6;/h1-5H,(H2,7,8,9);1H. The van der Waals surface area contributed by atoms with E-state index in [0.29, 0.717) is 0 Å². The summed E-state index contributed by atoms with van der Waals surface area (Å²) in [6.45, 7) is 0. The number of primary sulfonamides is 1. The molecular weight excluding hydrogens is 230 g/mol. The van der Waals surface area contributed by atoms with Crippen LogP contribution in [0.4, 0.5) is 0 Å². The number of hydrogen-bond donors (Lipinski definition) is 1. The third kappa shape index (κ3) is 3.00. The molecule has 0 aliphatic rings. The maximum Gasteiger partial charge on any atom is 0.238 e. The van der Waals surface area contributed by atoms with E-state index in [1.165, 1.54) is 12.1 Å². The molecule has 1 aromatic rings. The number of hydrogen-bond acceptors (Lipinski definition) is 2. The van der Waals surface area contributed by atoms with Gasteiger partial charge >= 0.3 is 0 Å². The zero-order valence-electron chi connectivity index (χ0n) is 5.60. The van der Waals surface area contributed by atoms with Crippen LogP contribution in [0.5, 0.6) is 0 Å². The van der Waals surface area contributed by atoms with Gasteiger partial charge in [0.15, 0.2) is 0 Å². The second kappa shape index (κ2) is 3.85. The maximum absolute atomic E-state index is 10.6. The third-order valence-corrected chi connectivity index (χ3v) is 2.00.